The Kier molecular flexibility index (Phi) is 53.5. The Morgan fingerprint density at radius 2 is 0.586 bits per heavy atom. The molecule has 0 saturated carbocycles. The number of rotatable bonds is 49. The van der Waals surface area contributed by atoms with Gasteiger partial charge in [-0.2, -0.15) is 0 Å². The van der Waals surface area contributed by atoms with Gasteiger partial charge in [0.2, 0.25) is 0 Å². The van der Waals surface area contributed by atoms with Gasteiger partial charge in [0, 0.05) is 19.3 Å². The average Bonchev–Trinajstić information content (AvgIpc) is 3.36. The van der Waals surface area contributed by atoms with Crippen LogP contribution < -0.4 is 0 Å². The molecule has 70 heavy (non-hydrogen) atoms. The number of esters is 3. The normalized spacial score (nSPS) is 13.1. The highest BCUT2D eigenvalue weighted by atomic mass is 16.6. The van der Waals surface area contributed by atoms with Crippen LogP contribution in [-0.4, -0.2) is 37.2 Å². The lowest BCUT2D eigenvalue weighted by Crippen LogP contribution is -2.30. The lowest BCUT2D eigenvalue weighted by atomic mass is 10.0. The molecule has 0 aromatic rings. The molecule has 394 valence electrons. The Morgan fingerprint density at radius 1 is 0.300 bits per heavy atom. The third-order valence-corrected chi connectivity index (χ3v) is 11.4. The Hall–Kier alpha value is -4.45. The molecule has 0 saturated heterocycles. The van der Waals surface area contributed by atoms with Crippen molar-refractivity contribution in [2.45, 2.75) is 239 Å². The van der Waals surface area contributed by atoms with E-state index in [1.54, 1.807) is 0 Å². The molecule has 0 N–H and O–H groups in total. The molecule has 0 rings (SSSR count). The van der Waals surface area contributed by atoms with Crippen molar-refractivity contribution in [2.75, 3.05) is 13.2 Å². The molecule has 0 aromatic carbocycles. The van der Waals surface area contributed by atoms with E-state index < -0.39 is 12.1 Å². The lowest BCUT2D eigenvalue weighted by Gasteiger charge is -2.18. The molecule has 0 aliphatic heterocycles. The van der Waals surface area contributed by atoms with E-state index in [0.29, 0.717) is 19.3 Å². The summed E-state index contributed by atoms with van der Waals surface area (Å²) in [6.07, 6.45) is 80.7. The highest BCUT2D eigenvalue weighted by Gasteiger charge is 2.19. The third-order valence-electron chi connectivity index (χ3n) is 11.4. The molecule has 0 fully saturated rings. The minimum absolute atomic E-state index is 0.110. The first kappa shape index (κ1) is 65.5. The van der Waals surface area contributed by atoms with E-state index in [2.05, 4.69) is 142 Å². The zero-order chi connectivity index (χ0) is 50.7. The highest BCUT2D eigenvalue weighted by molar-refractivity contribution is 5.71. The zero-order valence-corrected chi connectivity index (χ0v) is 45.0. The largest absolute Gasteiger partial charge is 0.462 e. The van der Waals surface area contributed by atoms with Gasteiger partial charge in [0.15, 0.2) is 6.10 Å². The smallest absolute Gasteiger partial charge is 0.306 e. The molecule has 1 atom stereocenters. The van der Waals surface area contributed by atoms with Gasteiger partial charge in [0.25, 0.3) is 0 Å². The van der Waals surface area contributed by atoms with Gasteiger partial charge in [0.1, 0.15) is 13.2 Å². The standard InChI is InChI=1S/C64H102O6/c1-4-7-10-13-16-18-20-22-23-24-25-26-27-28-29-30-31-32-33-34-35-36-37-38-39-40-41-43-44-46-48-51-54-57-63(66)69-60-61(59-68-62(65)56-53-50-15-12-9-6-3)70-64(67)58-55-52-49-47-45-42-21-19-17-14-11-8-5-2/h7-8,10-11,16-19,22-23,25-26,28-29,31-32,34-35,42,45,49,52,61H,4-6,9,12-15,20-21,24,27,30,33,36-41,43-44,46-48,50-51,53-60H2,1-3H3/b10-7-,11-8-,18-16-,19-17-,23-22-,26-25-,29-28-,32-31-,35-34-,45-42-,52-49-. The van der Waals surface area contributed by atoms with Crippen LogP contribution >= 0.6 is 0 Å². The average molecular weight is 968 g/mol. The lowest BCUT2D eigenvalue weighted by molar-refractivity contribution is -0.166. The first-order chi connectivity index (χ1) is 34.5. The number of allylic oxidation sites excluding steroid dienone is 22. The summed E-state index contributed by atoms with van der Waals surface area (Å²) in [5, 5.41) is 0. The van der Waals surface area contributed by atoms with Crippen LogP contribution in [-0.2, 0) is 28.6 Å². The van der Waals surface area contributed by atoms with E-state index in [0.717, 1.165) is 109 Å². The Morgan fingerprint density at radius 3 is 0.929 bits per heavy atom. The highest BCUT2D eigenvalue weighted by Crippen LogP contribution is 2.14. The predicted octanol–water partition coefficient (Wildman–Crippen LogP) is 19.0. The molecular formula is C64H102O6. The van der Waals surface area contributed by atoms with Crippen molar-refractivity contribution in [1.82, 2.24) is 0 Å². The quantitative estimate of drug-likeness (QED) is 0.0262. The van der Waals surface area contributed by atoms with Gasteiger partial charge in [-0.15, -0.1) is 0 Å². The Balaban J connectivity index is 4.10. The number of unbranched alkanes of at least 4 members (excludes halogenated alkanes) is 16. The van der Waals surface area contributed by atoms with Crippen molar-refractivity contribution in [2.24, 2.45) is 0 Å². The zero-order valence-electron chi connectivity index (χ0n) is 45.0. The topological polar surface area (TPSA) is 78.9 Å². The second-order valence-corrected chi connectivity index (χ2v) is 18.1. The maximum atomic E-state index is 12.7. The van der Waals surface area contributed by atoms with Crippen molar-refractivity contribution in [1.29, 1.82) is 0 Å². The van der Waals surface area contributed by atoms with Crippen molar-refractivity contribution in [3.63, 3.8) is 0 Å². The van der Waals surface area contributed by atoms with Crippen molar-refractivity contribution in [3.05, 3.63) is 134 Å². The molecule has 0 radical (unpaired) electrons. The number of ether oxygens (including phenoxy) is 3. The molecule has 0 aliphatic carbocycles. The molecule has 0 bridgehead atoms. The van der Waals surface area contributed by atoms with E-state index in [1.807, 2.05) is 12.2 Å². The van der Waals surface area contributed by atoms with Gasteiger partial charge in [-0.3, -0.25) is 14.4 Å². The number of hydrogen-bond acceptors (Lipinski definition) is 6. The molecule has 0 aliphatic rings. The Bertz CT molecular complexity index is 1530. The van der Waals surface area contributed by atoms with Gasteiger partial charge < -0.3 is 14.2 Å². The van der Waals surface area contributed by atoms with E-state index in [-0.39, 0.29) is 31.6 Å². The fourth-order valence-electron chi connectivity index (χ4n) is 7.26. The molecule has 6 nitrogen and oxygen atoms in total. The van der Waals surface area contributed by atoms with Crippen LogP contribution in [0.1, 0.15) is 233 Å². The summed E-state index contributed by atoms with van der Waals surface area (Å²) in [6, 6.07) is 0. The summed E-state index contributed by atoms with van der Waals surface area (Å²) < 4.78 is 16.6. The van der Waals surface area contributed by atoms with Gasteiger partial charge in [-0.05, 0) is 103 Å². The molecule has 0 aromatic heterocycles. The van der Waals surface area contributed by atoms with Crippen LogP contribution in [0, 0.1) is 0 Å². The van der Waals surface area contributed by atoms with Crippen molar-refractivity contribution < 1.29 is 28.6 Å². The molecule has 6 heteroatoms. The summed E-state index contributed by atoms with van der Waals surface area (Å²) in [6.45, 7) is 6.26. The maximum absolute atomic E-state index is 12.7. The second-order valence-electron chi connectivity index (χ2n) is 18.1. The number of carbonyl (C=O) groups excluding carboxylic acids is 3. The molecule has 0 amide bonds. The van der Waals surface area contributed by atoms with Crippen LogP contribution in [0.3, 0.4) is 0 Å². The van der Waals surface area contributed by atoms with Crippen LogP contribution in [0.15, 0.2) is 134 Å². The second kappa shape index (κ2) is 57.1. The van der Waals surface area contributed by atoms with Gasteiger partial charge in [0.05, 0.1) is 0 Å². The molecule has 0 heterocycles. The van der Waals surface area contributed by atoms with Crippen LogP contribution in [0.2, 0.25) is 0 Å². The summed E-state index contributed by atoms with van der Waals surface area (Å²) in [7, 11) is 0. The summed E-state index contributed by atoms with van der Waals surface area (Å²) >= 11 is 0. The van der Waals surface area contributed by atoms with E-state index in [1.165, 1.54) is 77.0 Å². The van der Waals surface area contributed by atoms with Crippen LogP contribution in [0.25, 0.3) is 0 Å². The van der Waals surface area contributed by atoms with Gasteiger partial charge >= 0.3 is 17.9 Å². The monoisotopic (exact) mass is 967 g/mol. The minimum Gasteiger partial charge on any atom is -0.462 e. The minimum atomic E-state index is -0.816. The summed E-state index contributed by atoms with van der Waals surface area (Å²) in [5.74, 6) is -1.01. The number of hydrogen-bond donors (Lipinski definition) is 0. The third kappa shape index (κ3) is 54.5. The Labute approximate surface area is 430 Å². The van der Waals surface area contributed by atoms with Crippen LogP contribution in [0.5, 0.6) is 0 Å². The van der Waals surface area contributed by atoms with E-state index in [9.17, 15) is 14.4 Å². The number of carbonyl (C=O) groups is 3. The van der Waals surface area contributed by atoms with E-state index in [4.69, 9.17) is 14.2 Å². The van der Waals surface area contributed by atoms with Crippen molar-refractivity contribution in [3.8, 4) is 0 Å². The maximum Gasteiger partial charge on any atom is 0.306 e. The first-order valence-electron chi connectivity index (χ1n) is 28.2. The molecular weight excluding hydrogens is 865 g/mol. The van der Waals surface area contributed by atoms with Gasteiger partial charge in [-0.25, -0.2) is 0 Å². The van der Waals surface area contributed by atoms with Crippen molar-refractivity contribution >= 4 is 17.9 Å². The predicted molar refractivity (Wildman–Crippen MR) is 302 cm³/mol. The van der Waals surface area contributed by atoms with E-state index >= 15 is 0 Å². The first-order valence-corrected chi connectivity index (χ1v) is 28.2. The molecule has 0 spiro atoms. The fraction of sp³-hybridized carbons (Fsp3) is 0.609. The summed E-state index contributed by atoms with van der Waals surface area (Å²) in [4.78, 5) is 37.7. The fourth-order valence-corrected chi connectivity index (χ4v) is 7.26. The van der Waals surface area contributed by atoms with Gasteiger partial charge in [-0.1, -0.05) is 244 Å². The SMILES string of the molecule is CC/C=C\C/C=C\C/C=C\C/C=C\C/C=C\C/C=C\C/C=C\CCCCCCCCCCCCCC(=O)OCC(COC(=O)CCCCCCCC)OC(=O)CC/C=C\C/C=C\C/C=C\C/C=C\CC. The van der Waals surface area contributed by atoms with Crippen LogP contribution in [0.4, 0.5) is 0 Å². The summed E-state index contributed by atoms with van der Waals surface area (Å²) in [5.41, 5.74) is 0. The molecule has 1 unspecified atom stereocenters.